The second-order valence-corrected chi connectivity index (χ2v) is 13.1. The zero-order valence-electron chi connectivity index (χ0n) is 16.0. The Morgan fingerprint density at radius 1 is 0.909 bits per heavy atom. The van der Waals surface area contributed by atoms with E-state index in [-0.39, 0.29) is 5.92 Å². The van der Waals surface area contributed by atoms with E-state index in [9.17, 15) is 4.79 Å². The van der Waals surface area contributed by atoms with Crippen molar-refractivity contribution in [3.8, 4) is 0 Å². The first-order chi connectivity index (χ1) is 10.2. The summed E-state index contributed by atoms with van der Waals surface area (Å²) in [6.45, 7) is 14.5. The third-order valence-corrected chi connectivity index (χ3v) is 9.59. The largest absolute Gasteiger partial charge is 0.417 e. The molecule has 0 saturated carbocycles. The second-order valence-electron chi connectivity index (χ2n) is 8.34. The molecule has 0 heterocycles. The molecule has 0 rings (SSSR count). The Balaban J connectivity index is 3.36. The first kappa shape index (κ1) is 21.8. The van der Waals surface area contributed by atoms with Gasteiger partial charge in [0.15, 0.2) is 8.32 Å². The van der Waals surface area contributed by atoms with Crippen LogP contribution in [0.1, 0.15) is 85.5 Å². The number of hydrogen-bond acceptors (Lipinski definition) is 2. The van der Waals surface area contributed by atoms with Crippen molar-refractivity contribution in [1.82, 2.24) is 0 Å². The van der Waals surface area contributed by atoms with Crippen LogP contribution in [0.2, 0.25) is 18.1 Å². The van der Waals surface area contributed by atoms with Gasteiger partial charge in [-0.2, -0.15) is 0 Å². The average molecular weight is 329 g/mol. The molecular weight excluding hydrogens is 288 g/mol. The first-order valence-electron chi connectivity index (χ1n) is 9.30. The van der Waals surface area contributed by atoms with Crippen LogP contribution in [0.25, 0.3) is 0 Å². The van der Waals surface area contributed by atoms with E-state index >= 15 is 0 Å². The highest BCUT2D eigenvalue weighted by molar-refractivity contribution is 6.74. The van der Waals surface area contributed by atoms with Gasteiger partial charge in [0.05, 0.1) is 0 Å². The number of carbonyl (C=O) groups excluding carboxylic acids is 1. The molecule has 0 amide bonds. The van der Waals surface area contributed by atoms with E-state index in [4.69, 9.17) is 4.43 Å². The van der Waals surface area contributed by atoms with Crippen molar-refractivity contribution >= 4 is 14.6 Å². The molecule has 0 N–H and O–H groups in total. The molecule has 0 aromatic carbocycles. The molecule has 0 aliphatic carbocycles. The van der Waals surface area contributed by atoms with Crippen molar-refractivity contribution in [3.05, 3.63) is 0 Å². The number of carbonyl (C=O) groups is 1. The number of rotatable bonds is 13. The molecule has 1 atom stereocenters. The molecule has 0 bridgehead atoms. The Labute approximate surface area is 140 Å². The van der Waals surface area contributed by atoms with Gasteiger partial charge in [-0.1, -0.05) is 72.6 Å². The number of unbranched alkanes of at least 4 members (excludes halogenated alkanes) is 7. The summed E-state index contributed by atoms with van der Waals surface area (Å²) in [6.07, 6.45) is 12.5. The van der Waals surface area contributed by atoms with E-state index in [0.29, 0.717) is 5.04 Å². The molecule has 0 aliphatic rings. The highest BCUT2D eigenvalue weighted by Gasteiger charge is 2.36. The summed E-state index contributed by atoms with van der Waals surface area (Å²) in [6, 6.07) is 0. The van der Waals surface area contributed by atoms with Gasteiger partial charge in [-0.3, -0.25) is 0 Å². The molecule has 0 unspecified atom stereocenters. The quantitative estimate of drug-likeness (QED) is 0.223. The molecular formula is C19H40O2Si. The fraction of sp³-hybridized carbons (Fsp3) is 0.947. The fourth-order valence-electron chi connectivity index (χ4n) is 2.24. The summed E-state index contributed by atoms with van der Waals surface area (Å²) in [7, 11) is -1.53. The minimum atomic E-state index is -1.53. The fourth-order valence-corrected chi connectivity index (χ4v) is 3.33. The molecule has 0 radical (unpaired) electrons. The van der Waals surface area contributed by atoms with Crippen molar-refractivity contribution in [2.45, 2.75) is 104 Å². The van der Waals surface area contributed by atoms with Crippen LogP contribution in [-0.2, 0) is 9.22 Å². The molecule has 0 aromatic heterocycles. The van der Waals surface area contributed by atoms with Crippen LogP contribution in [0.15, 0.2) is 0 Å². The maximum absolute atomic E-state index is 10.5. The van der Waals surface area contributed by atoms with Gasteiger partial charge in [0, 0.05) is 12.5 Å². The zero-order valence-corrected chi connectivity index (χ0v) is 17.0. The summed E-state index contributed by atoms with van der Waals surface area (Å²) in [5.74, 6) is 0.251. The predicted octanol–water partition coefficient (Wildman–Crippen LogP) is 6.35. The van der Waals surface area contributed by atoms with Gasteiger partial charge in [0.2, 0.25) is 0 Å². The van der Waals surface area contributed by atoms with E-state index in [1.54, 1.807) is 0 Å². The van der Waals surface area contributed by atoms with Crippen molar-refractivity contribution in [1.29, 1.82) is 0 Å². The molecule has 2 nitrogen and oxygen atoms in total. The Bertz CT molecular complexity index is 282. The van der Waals surface area contributed by atoms with Crippen molar-refractivity contribution in [2.75, 3.05) is 6.61 Å². The maximum atomic E-state index is 10.5. The van der Waals surface area contributed by atoms with Gasteiger partial charge in [0.1, 0.15) is 6.29 Å². The molecule has 3 heteroatoms. The van der Waals surface area contributed by atoms with Gasteiger partial charge in [0.25, 0.3) is 0 Å². The lowest BCUT2D eigenvalue weighted by atomic mass is 10.0. The minimum Gasteiger partial charge on any atom is -0.417 e. The molecule has 0 aliphatic heterocycles. The smallest absolute Gasteiger partial charge is 0.191 e. The lowest BCUT2D eigenvalue weighted by Gasteiger charge is -2.36. The molecule has 0 fully saturated rings. The molecule has 22 heavy (non-hydrogen) atoms. The first-order valence-corrected chi connectivity index (χ1v) is 12.2. The molecule has 0 spiro atoms. The highest BCUT2D eigenvalue weighted by Crippen LogP contribution is 2.36. The third-order valence-electron chi connectivity index (χ3n) is 5.06. The van der Waals surface area contributed by atoms with Crippen LogP contribution < -0.4 is 0 Å². The summed E-state index contributed by atoms with van der Waals surface area (Å²) in [5.41, 5.74) is 0. The van der Waals surface area contributed by atoms with Crippen molar-refractivity contribution in [3.63, 3.8) is 0 Å². The lowest BCUT2D eigenvalue weighted by molar-refractivity contribution is -0.110. The van der Waals surface area contributed by atoms with Crippen LogP contribution in [0.4, 0.5) is 0 Å². The topological polar surface area (TPSA) is 26.3 Å². The standard InChI is InChI=1S/C19H40O2Si/c1-18(17-20)15-13-11-9-7-8-10-12-14-16-21-22(5,6)19(2,3)4/h17-18H,7-16H2,1-6H3/t18-/m0/s1. The monoisotopic (exact) mass is 328 g/mol. The number of hydrogen-bond donors (Lipinski definition) is 0. The van der Waals surface area contributed by atoms with Crippen LogP contribution in [-0.4, -0.2) is 21.2 Å². The predicted molar refractivity (Wildman–Crippen MR) is 99.9 cm³/mol. The van der Waals surface area contributed by atoms with E-state index < -0.39 is 8.32 Å². The third kappa shape index (κ3) is 10.6. The van der Waals surface area contributed by atoms with Gasteiger partial charge in [-0.05, 0) is 31.0 Å². The summed E-state index contributed by atoms with van der Waals surface area (Å²) < 4.78 is 6.20. The van der Waals surface area contributed by atoms with E-state index in [1.165, 1.54) is 51.4 Å². The number of aldehydes is 1. The SMILES string of the molecule is C[C@H](C=O)CCCCCCCCCCO[Si](C)(C)C(C)(C)C. The van der Waals surface area contributed by atoms with Gasteiger partial charge in [-0.25, -0.2) is 0 Å². The maximum Gasteiger partial charge on any atom is 0.191 e. The summed E-state index contributed by atoms with van der Waals surface area (Å²) >= 11 is 0. The van der Waals surface area contributed by atoms with E-state index in [1.807, 2.05) is 6.92 Å². The van der Waals surface area contributed by atoms with Crippen LogP contribution in [0, 0.1) is 5.92 Å². The minimum absolute atomic E-state index is 0.251. The van der Waals surface area contributed by atoms with Gasteiger partial charge >= 0.3 is 0 Å². The summed E-state index contributed by atoms with van der Waals surface area (Å²) in [4.78, 5) is 10.5. The Hall–Kier alpha value is -0.153. The Kier molecular flexibility index (Phi) is 11.3. The molecule has 132 valence electrons. The van der Waals surface area contributed by atoms with Crippen molar-refractivity contribution in [2.24, 2.45) is 5.92 Å². The Morgan fingerprint density at radius 3 is 1.82 bits per heavy atom. The van der Waals surface area contributed by atoms with Gasteiger partial charge in [-0.15, -0.1) is 0 Å². The van der Waals surface area contributed by atoms with Crippen molar-refractivity contribution < 1.29 is 9.22 Å². The average Bonchev–Trinajstić information content (AvgIpc) is 2.43. The van der Waals surface area contributed by atoms with Crippen LogP contribution in [0.5, 0.6) is 0 Å². The zero-order chi connectivity index (χ0) is 17.1. The van der Waals surface area contributed by atoms with Crippen LogP contribution in [0.3, 0.4) is 0 Å². The van der Waals surface area contributed by atoms with E-state index in [0.717, 1.165) is 19.3 Å². The molecule has 0 saturated heterocycles. The summed E-state index contributed by atoms with van der Waals surface area (Å²) in [5, 5.41) is 0.328. The van der Waals surface area contributed by atoms with Crippen LogP contribution >= 0.6 is 0 Å². The normalized spacial score (nSPS) is 14.1. The molecule has 0 aromatic rings. The van der Waals surface area contributed by atoms with Gasteiger partial charge < -0.3 is 9.22 Å². The second kappa shape index (κ2) is 11.4. The lowest BCUT2D eigenvalue weighted by Crippen LogP contribution is -2.40. The highest BCUT2D eigenvalue weighted by atomic mass is 28.4. The Morgan fingerprint density at radius 2 is 1.36 bits per heavy atom. The van der Waals surface area contributed by atoms with E-state index in [2.05, 4.69) is 33.9 Å².